The van der Waals surface area contributed by atoms with Crippen molar-refractivity contribution >= 4 is 12.1 Å². The fraction of sp³-hybridized carbons (Fsp3) is 0.800. The molecule has 0 aromatic rings. The lowest BCUT2D eigenvalue weighted by molar-refractivity contribution is -0.144. The van der Waals surface area contributed by atoms with Gasteiger partial charge in [0.1, 0.15) is 0 Å². The molecule has 1 aliphatic rings. The number of carbonyl (C=O) groups excluding carboxylic acids is 2. The largest absolute Gasteiger partial charge is 0.515 e. The first kappa shape index (κ1) is 11.0. The summed E-state index contributed by atoms with van der Waals surface area (Å²) < 4.78 is 8.76. The third-order valence-electron chi connectivity index (χ3n) is 2.54. The Labute approximate surface area is 83.6 Å². The molecule has 1 saturated carbocycles. The number of ether oxygens (including phenoxy) is 2. The van der Waals surface area contributed by atoms with Gasteiger partial charge in [0, 0.05) is 0 Å². The second-order valence-electron chi connectivity index (χ2n) is 3.56. The van der Waals surface area contributed by atoms with Gasteiger partial charge >= 0.3 is 12.1 Å². The van der Waals surface area contributed by atoms with Crippen LogP contribution < -0.4 is 0 Å². The molecular weight excluding hydrogens is 184 g/mol. The molecule has 1 fully saturated rings. The summed E-state index contributed by atoms with van der Waals surface area (Å²) in [5.41, 5.74) is 0. The molecule has 0 aliphatic heterocycles. The lowest BCUT2D eigenvalue weighted by Crippen LogP contribution is -2.20. The lowest BCUT2D eigenvalue weighted by Gasteiger charge is -2.10. The molecule has 14 heavy (non-hydrogen) atoms. The van der Waals surface area contributed by atoms with Crippen molar-refractivity contribution in [2.45, 2.75) is 38.5 Å². The number of hydrogen-bond acceptors (Lipinski definition) is 4. The maximum atomic E-state index is 11.4. The SMILES string of the molecule is COC(=O)OC(=O)C1CCCCCC1. The van der Waals surface area contributed by atoms with Crippen LogP contribution in [0.15, 0.2) is 0 Å². The molecule has 0 amide bonds. The molecular formula is C10H16O4. The molecule has 0 aromatic heterocycles. The third kappa shape index (κ3) is 3.36. The normalized spacial score (nSPS) is 18.4. The van der Waals surface area contributed by atoms with E-state index in [-0.39, 0.29) is 5.92 Å². The van der Waals surface area contributed by atoms with Crippen molar-refractivity contribution in [1.82, 2.24) is 0 Å². The van der Waals surface area contributed by atoms with Gasteiger partial charge in [-0.2, -0.15) is 0 Å². The second kappa shape index (κ2) is 5.62. The average Bonchev–Trinajstić information content (AvgIpc) is 2.45. The topological polar surface area (TPSA) is 52.6 Å². The molecule has 0 heterocycles. The summed E-state index contributed by atoms with van der Waals surface area (Å²) in [6.45, 7) is 0. The predicted molar refractivity (Wildman–Crippen MR) is 49.7 cm³/mol. The summed E-state index contributed by atoms with van der Waals surface area (Å²) in [6, 6.07) is 0. The summed E-state index contributed by atoms with van der Waals surface area (Å²) in [4.78, 5) is 22.1. The van der Waals surface area contributed by atoms with Crippen LogP contribution in [0.3, 0.4) is 0 Å². The zero-order valence-electron chi connectivity index (χ0n) is 8.45. The van der Waals surface area contributed by atoms with Gasteiger partial charge in [-0.3, -0.25) is 4.79 Å². The molecule has 1 rings (SSSR count). The number of esters is 1. The molecule has 0 atom stereocenters. The highest BCUT2D eigenvalue weighted by molar-refractivity contribution is 5.83. The van der Waals surface area contributed by atoms with Gasteiger partial charge in [0.15, 0.2) is 0 Å². The van der Waals surface area contributed by atoms with E-state index in [0.717, 1.165) is 25.7 Å². The molecule has 4 nitrogen and oxygen atoms in total. The van der Waals surface area contributed by atoms with Gasteiger partial charge in [-0.1, -0.05) is 25.7 Å². The predicted octanol–water partition coefficient (Wildman–Crippen LogP) is 2.27. The number of hydrogen-bond donors (Lipinski definition) is 0. The average molecular weight is 200 g/mol. The summed E-state index contributed by atoms with van der Waals surface area (Å²) in [7, 11) is 1.20. The Morgan fingerprint density at radius 1 is 1.07 bits per heavy atom. The molecule has 0 unspecified atom stereocenters. The van der Waals surface area contributed by atoms with E-state index in [2.05, 4.69) is 9.47 Å². The molecule has 0 spiro atoms. The van der Waals surface area contributed by atoms with Crippen LogP contribution in [0.2, 0.25) is 0 Å². The highest BCUT2D eigenvalue weighted by atomic mass is 16.7. The van der Waals surface area contributed by atoms with Crippen LogP contribution in [0.1, 0.15) is 38.5 Å². The monoisotopic (exact) mass is 200 g/mol. The first-order valence-corrected chi connectivity index (χ1v) is 5.03. The number of carbonyl (C=O) groups is 2. The zero-order chi connectivity index (χ0) is 10.4. The maximum Gasteiger partial charge on any atom is 0.515 e. The minimum absolute atomic E-state index is 0.114. The fourth-order valence-corrected chi connectivity index (χ4v) is 1.72. The van der Waals surface area contributed by atoms with Gasteiger partial charge in [0.25, 0.3) is 0 Å². The molecule has 0 saturated heterocycles. The van der Waals surface area contributed by atoms with Crippen LogP contribution in [0.5, 0.6) is 0 Å². The van der Waals surface area contributed by atoms with Gasteiger partial charge in [-0.05, 0) is 12.8 Å². The Bertz CT molecular complexity index is 204. The minimum atomic E-state index is -0.903. The van der Waals surface area contributed by atoms with Crippen LogP contribution >= 0.6 is 0 Å². The Kier molecular flexibility index (Phi) is 4.43. The molecule has 80 valence electrons. The van der Waals surface area contributed by atoms with E-state index in [1.165, 1.54) is 20.0 Å². The van der Waals surface area contributed by atoms with Crippen LogP contribution in [0, 0.1) is 5.92 Å². The first-order chi connectivity index (χ1) is 6.74. The zero-order valence-corrected chi connectivity index (χ0v) is 8.45. The Balaban J connectivity index is 2.38. The second-order valence-corrected chi connectivity index (χ2v) is 3.56. The van der Waals surface area contributed by atoms with Gasteiger partial charge in [0.05, 0.1) is 13.0 Å². The maximum absolute atomic E-state index is 11.4. The van der Waals surface area contributed by atoms with Crippen molar-refractivity contribution in [2.75, 3.05) is 7.11 Å². The van der Waals surface area contributed by atoms with E-state index in [1.807, 2.05) is 0 Å². The van der Waals surface area contributed by atoms with Gasteiger partial charge in [-0.25, -0.2) is 4.79 Å². The van der Waals surface area contributed by atoms with Crippen LogP contribution in [0.4, 0.5) is 4.79 Å². The van der Waals surface area contributed by atoms with E-state index in [0.29, 0.717) is 0 Å². The first-order valence-electron chi connectivity index (χ1n) is 5.03. The van der Waals surface area contributed by atoms with E-state index >= 15 is 0 Å². The van der Waals surface area contributed by atoms with Crippen molar-refractivity contribution in [3.05, 3.63) is 0 Å². The van der Waals surface area contributed by atoms with E-state index in [9.17, 15) is 9.59 Å². The summed E-state index contributed by atoms with van der Waals surface area (Å²) >= 11 is 0. The summed E-state index contributed by atoms with van der Waals surface area (Å²) in [6.07, 6.45) is 5.18. The van der Waals surface area contributed by atoms with E-state index in [4.69, 9.17) is 0 Å². The van der Waals surface area contributed by atoms with Crippen molar-refractivity contribution < 1.29 is 19.1 Å². The van der Waals surface area contributed by atoms with E-state index < -0.39 is 12.1 Å². The summed E-state index contributed by atoms with van der Waals surface area (Å²) in [5.74, 6) is -0.546. The van der Waals surface area contributed by atoms with Crippen molar-refractivity contribution in [3.8, 4) is 0 Å². The Morgan fingerprint density at radius 2 is 1.64 bits per heavy atom. The third-order valence-corrected chi connectivity index (χ3v) is 2.54. The highest BCUT2D eigenvalue weighted by Crippen LogP contribution is 2.23. The van der Waals surface area contributed by atoms with Crippen molar-refractivity contribution in [2.24, 2.45) is 5.92 Å². The minimum Gasteiger partial charge on any atom is -0.437 e. The highest BCUT2D eigenvalue weighted by Gasteiger charge is 2.23. The van der Waals surface area contributed by atoms with Crippen LogP contribution in [0.25, 0.3) is 0 Å². The van der Waals surface area contributed by atoms with Crippen molar-refractivity contribution in [3.63, 3.8) is 0 Å². The molecule has 4 heteroatoms. The molecule has 0 N–H and O–H groups in total. The standard InChI is InChI=1S/C10H16O4/c1-13-10(12)14-9(11)8-6-4-2-3-5-7-8/h8H,2-7H2,1H3. The Hall–Kier alpha value is -1.06. The molecule has 0 bridgehead atoms. The molecule has 1 aliphatic carbocycles. The smallest absolute Gasteiger partial charge is 0.437 e. The fourth-order valence-electron chi connectivity index (χ4n) is 1.72. The van der Waals surface area contributed by atoms with Crippen LogP contribution in [-0.2, 0) is 14.3 Å². The lowest BCUT2D eigenvalue weighted by atomic mass is 10.0. The van der Waals surface area contributed by atoms with Crippen LogP contribution in [-0.4, -0.2) is 19.2 Å². The molecule has 0 radical (unpaired) electrons. The van der Waals surface area contributed by atoms with Gasteiger partial charge < -0.3 is 9.47 Å². The quantitative estimate of drug-likeness (QED) is 0.370. The molecule has 0 aromatic carbocycles. The number of rotatable bonds is 1. The van der Waals surface area contributed by atoms with Gasteiger partial charge in [0.2, 0.25) is 0 Å². The number of methoxy groups -OCH3 is 1. The summed E-state index contributed by atoms with van der Waals surface area (Å²) in [5, 5.41) is 0. The Morgan fingerprint density at radius 3 is 2.14 bits per heavy atom. The van der Waals surface area contributed by atoms with Crippen molar-refractivity contribution in [1.29, 1.82) is 0 Å². The van der Waals surface area contributed by atoms with E-state index in [1.54, 1.807) is 0 Å². The van der Waals surface area contributed by atoms with Gasteiger partial charge in [-0.15, -0.1) is 0 Å².